The highest BCUT2D eigenvalue weighted by atomic mass is 79.9. The maximum Gasteiger partial charge on any atom is 0.185 e. The van der Waals surface area contributed by atoms with E-state index in [-0.39, 0.29) is 0 Å². The largest absolute Gasteiger partial charge is 0.186 e. The molecule has 0 saturated carbocycles. The third-order valence-corrected chi connectivity index (χ3v) is 3.89. The fourth-order valence-electron chi connectivity index (χ4n) is 0.718. The van der Waals surface area contributed by atoms with E-state index in [0.29, 0.717) is 9.76 Å². The van der Waals surface area contributed by atoms with Gasteiger partial charge in [-0.05, 0) is 47.8 Å². The van der Waals surface area contributed by atoms with E-state index in [9.17, 15) is 0 Å². The Kier molecular flexibility index (Phi) is 5.35. The molecule has 10 heteroatoms. The summed E-state index contributed by atoms with van der Waals surface area (Å²) in [5.74, 6) is 0. The van der Waals surface area contributed by atoms with E-state index < -0.39 is 0 Å². The van der Waals surface area contributed by atoms with Gasteiger partial charge in [0.2, 0.25) is 0 Å². The molecule has 0 radical (unpaired) electrons. The van der Waals surface area contributed by atoms with Crippen molar-refractivity contribution in [3.63, 3.8) is 0 Å². The van der Waals surface area contributed by atoms with Crippen molar-refractivity contribution < 1.29 is 0 Å². The minimum absolute atomic E-state index is 0.396. The Morgan fingerprint density at radius 2 is 1.19 bits per heavy atom. The lowest BCUT2D eigenvalue weighted by atomic mass is 10.9. The van der Waals surface area contributed by atoms with E-state index in [0.717, 1.165) is 9.21 Å². The van der Waals surface area contributed by atoms with Crippen molar-refractivity contribution in [3.05, 3.63) is 19.0 Å². The molecule has 0 fully saturated rings. The van der Waals surface area contributed by atoms with Crippen LogP contribution < -0.4 is 0 Å². The molecule has 0 aliphatic rings. The lowest BCUT2D eigenvalue weighted by Gasteiger charge is -1.76. The molecule has 88 valence electrons. The standard InChI is InChI=1S/C3H3Br2N3.C3H3BrClN3/c2*1-8-6-2(4)3(5)7-8/h2*1H3. The van der Waals surface area contributed by atoms with Gasteiger partial charge in [-0.2, -0.15) is 9.59 Å². The average molecular weight is 437 g/mol. The summed E-state index contributed by atoms with van der Waals surface area (Å²) in [6.45, 7) is 0. The third kappa shape index (κ3) is 4.11. The van der Waals surface area contributed by atoms with Crippen LogP contribution in [0.3, 0.4) is 0 Å². The van der Waals surface area contributed by atoms with Crippen molar-refractivity contribution in [1.82, 2.24) is 30.0 Å². The van der Waals surface area contributed by atoms with Crippen molar-refractivity contribution in [2.24, 2.45) is 14.1 Å². The second kappa shape index (κ2) is 6.08. The maximum atomic E-state index is 5.49. The van der Waals surface area contributed by atoms with Crippen LogP contribution in [0.5, 0.6) is 0 Å². The van der Waals surface area contributed by atoms with Gasteiger partial charge in [0.15, 0.2) is 19.0 Å². The van der Waals surface area contributed by atoms with Crippen molar-refractivity contribution in [1.29, 1.82) is 0 Å². The molecule has 0 unspecified atom stereocenters. The van der Waals surface area contributed by atoms with Crippen LogP contribution in [0.25, 0.3) is 0 Å². The van der Waals surface area contributed by atoms with Crippen LogP contribution >= 0.6 is 59.4 Å². The van der Waals surface area contributed by atoms with Crippen LogP contribution in [0, 0.1) is 0 Å². The number of hydrogen-bond acceptors (Lipinski definition) is 4. The third-order valence-electron chi connectivity index (χ3n) is 1.27. The van der Waals surface area contributed by atoms with Gasteiger partial charge >= 0.3 is 0 Å². The smallest absolute Gasteiger partial charge is 0.185 e. The zero-order valence-corrected chi connectivity index (χ0v) is 13.7. The van der Waals surface area contributed by atoms with Gasteiger partial charge in [-0.1, -0.05) is 11.6 Å². The van der Waals surface area contributed by atoms with Crippen molar-refractivity contribution in [2.75, 3.05) is 0 Å². The minimum atomic E-state index is 0.396. The summed E-state index contributed by atoms with van der Waals surface area (Å²) in [5, 5.41) is 15.7. The molecule has 0 amide bonds. The molecule has 2 aromatic heterocycles. The number of aromatic nitrogens is 6. The number of rotatable bonds is 0. The van der Waals surface area contributed by atoms with Gasteiger partial charge in [0.25, 0.3) is 0 Å². The normalized spacial score (nSPS) is 9.88. The number of nitrogens with zero attached hydrogens (tertiary/aromatic N) is 6. The average Bonchev–Trinajstić information content (AvgIpc) is 2.58. The minimum Gasteiger partial charge on any atom is -0.186 e. The molecule has 2 rings (SSSR count). The summed E-state index contributed by atoms with van der Waals surface area (Å²) in [6.07, 6.45) is 0. The zero-order chi connectivity index (χ0) is 12.3. The van der Waals surface area contributed by atoms with Crippen molar-refractivity contribution in [2.45, 2.75) is 0 Å². The molecule has 2 heterocycles. The Hall–Kier alpha value is 0.01000. The number of halogens is 4. The number of aryl methyl sites for hydroxylation is 2. The Labute approximate surface area is 122 Å². The lowest BCUT2D eigenvalue weighted by Crippen LogP contribution is -1.90. The van der Waals surface area contributed by atoms with E-state index in [1.807, 2.05) is 0 Å². The first-order valence-electron chi connectivity index (χ1n) is 3.84. The number of hydrogen-bond donors (Lipinski definition) is 0. The van der Waals surface area contributed by atoms with Gasteiger partial charge in [-0.3, -0.25) is 0 Å². The van der Waals surface area contributed by atoms with Gasteiger partial charge < -0.3 is 0 Å². The zero-order valence-electron chi connectivity index (χ0n) is 8.20. The van der Waals surface area contributed by atoms with E-state index in [4.69, 9.17) is 11.6 Å². The molecule has 0 bridgehead atoms. The lowest BCUT2D eigenvalue weighted by molar-refractivity contribution is 0.648. The second-order valence-electron chi connectivity index (χ2n) is 2.54. The first kappa shape index (κ1) is 14.1. The Morgan fingerprint density at radius 1 is 0.812 bits per heavy atom. The van der Waals surface area contributed by atoms with Gasteiger partial charge in [0, 0.05) is 14.1 Å². The molecular weight excluding hydrogens is 431 g/mol. The quantitative estimate of drug-likeness (QED) is 0.636. The Morgan fingerprint density at radius 3 is 1.31 bits per heavy atom. The highest BCUT2D eigenvalue weighted by Gasteiger charge is 2.00. The molecular formula is C6H6Br3ClN6. The van der Waals surface area contributed by atoms with Crippen LogP contribution in [0.1, 0.15) is 0 Å². The van der Waals surface area contributed by atoms with Crippen molar-refractivity contribution in [3.8, 4) is 0 Å². The summed E-state index contributed by atoms with van der Waals surface area (Å²) in [7, 11) is 3.46. The van der Waals surface area contributed by atoms with Gasteiger partial charge in [0.1, 0.15) is 0 Å². The molecule has 0 aliphatic heterocycles. The van der Waals surface area contributed by atoms with E-state index in [1.165, 1.54) is 9.59 Å². The predicted octanol–water partition coefficient (Wildman–Crippen LogP) is 2.57. The molecule has 16 heavy (non-hydrogen) atoms. The fraction of sp³-hybridized carbons (Fsp3) is 0.333. The van der Waals surface area contributed by atoms with Gasteiger partial charge in [0.05, 0.1) is 0 Å². The molecule has 0 N–H and O–H groups in total. The molecule has 0 atom stereocenters. The molecule has 0 aromatic carbocycles. The van der Waals surface area contributed by atoms with E-state index >= 15 is 0 Å². The van der Waals surface area contributed by atoms with Crippen LogP contribution in [0.4, 0.5) is 0 Å². The van der Waals surface area contributed by atoms with E-state index in [2.05, 4.69) is 68.2 Å². The summed E-state index contributed by atoms with van der Waals surface area (Å²) in [5.41, 5.74) is 0. The molecule has 0 spiro atoms. The summed E-state index contributed by atoms with van der Waals surface area (Å²) in [4.78, 5) is 2.88. The van der Waals surface area contributed by atoms with Crippen LogP contribution in [-0.4, -0.2) is 30.0 Å². The molecule has 0 saturated heterocycles. The molecule has 0 aliphatic carbocycles. The summed E-state index contributed by atoms with van der Waals surface area (Å²) >= 11 is 14.9. The van der Waals surface area contributed by atoms with E-state index in [1.54, 1.807) is 14.1 Å². The highest BCUT2D eigenvalue weighted by molar-refractivity contribution is 9.13. The Bertz CT molecular complexity index is 397. The van der Waals surface area contributed by atoms with Crippen LogP contribution in [-0.2, 0) is 14.1 Å². The van der Waals surface area contributed by atoms with Crippen molar-refractivity contribution >= 4 is 59.4 Å². The molecule has 2 aromatic rings. The topological polar surface area (TPSA) is 61.4 Å². The fourth-order valence-corrected chi connectivity index (χ4v) is 1.79. The summed E-state index contributed by atoms with van der Waals surface area (Å²) < 4.78 is 2.06. The van der Waals surface area contributed by atoms with Gasteiger partial charge in [-0.25, -0.2) is 0 Å². The summed E-state index contributed by atoms with van der Waals surface area (Å²) in [6, 6.07) is 0. The Balaban J connectivity index is 0.000000160. The van der Waals surface area contributed by atoms with Crippen LogP contribution in [0.2, 0.25) is 5.15 Å². The predicted molar refractivity (Wildman–Crippen MR) is 70.1 cm³/mol. The van der Waals surface area contributed by atoms with Crippen LogP contribution in [0.15, 0.2) is 13.8 Å². The monoisotopic (exact) mass is 434 g/mol. The highest BCUT2D eigenvalue weighted by Crippen LogP contribution is 2.16. The first-order chi connectivity index (χ1) is 7.40. The molecule has 6 nitrogen and oxygen atoms in total. The SMILES string of the molecule is Cn1nc(Br)c(Br)n1.Cn1nc(Cl)c(Br)n1. The maximum absolute atomic E-state index is 5.49. The van der Waals surface area contributed by atoms with Gasteiger partial charge in [-0.15, -0.1) is 20.4 Å². The second-order valence-corrected chi connectivity index (χ2v) is 5.15. The first-order valence-corrected chi connectivity index (χ1v) is 6.60.